The molecule has 254 valence electrons. The van der Waals surface area contributed by atoms with Crippen LogP contribution in [0.4, 0.5) is 4.79 Å². The number of amides is 2. The number of benzene rings is 3. The first-order valence-electron chi connectivity index (χ1n) is 16.7. The first-order chi connectivity index (χ1) is 23.3. The maximum absolute atomic E-state index is 13.9. The lowest BCUT2D eigenvalue weighted by Gasteiger charge is -2.31. The fraction of sp³-hybridized carbons (Fsp3) is 0.405. The standard InChI is InChI=1S/C37H46N6O5/c1-3-25(2)33(35(45)47-22-26-12-5-4-6-13-26)42-20-21-43(24-42)34(44)32(18-11-19-40-36(38)39)41-37(46)48-23-31-29-16-9-7-14-27(29)28-15-8-10-17-30(28)31/h4-10,12-17,25,31-33H,3,11,18-24H2,1-2H3,(H,41,46)(H4,38,39,40)/t25-,32-,33-/m0/s1. The van der Waals surface area contributed by atoms with Gasteiger partial charge in [0.15, 0.2) is 5.96 Å². The van der Waals surface area contributed by atoms with Gasteiger partial charge in [0, 0.05) is 25.6 Å². The molecule has 3 atom stereocenters. The highest BCUT2D eigenvalue weighted by Crippen LogP contribution is 2.44. The minimum atomic E-state index is -0.859. The van der Waals surface area contributed by atoms with Crippen LogP contribution in [0.1, 0.15) is 55.7 Å². The molecule has 1 heterocycles. The van der Waals surface area contributed by atoms with Crippen molar-refractivity contribution in [3.63, 3.8) is 0 Å². The molecule has 48 heavy (non-hydrogen) atoms. The van der Waals surface area contributed by atoms with Crippen molar-refractivity contribution in [2.45, 2.75) is 57.7 Å². The van der Waals surface area contributed by atoms with Gasteiger partial charge < -0.3 is 31.2 Å². The summed E-state index contributed by atoms with van der Waals surface area (Å²) < 4.78 is 11.5. The SMILES string of the molecule is CC[C@H](C)[C@@H](C(=O)OCc1ccccc1)N1CCN(C(=O)[C@H](CCCN=C(N)N)NC(=O)OCC2c3ccccc3-c3ccccc32)C1. The van der Waals surface area contributed by atoms with Gasteiger partial charge in [-0.3, -0.25) is 19.5 Å². The van der Waals surface area contributed by atoms with Crippen LogP contribution in [-0.4, -0.2) is 78.7 Å². The molecule has 1 fully saturated rings. The summed E-state index contributed by atoms with van der Waals surface area (Å²) in [6.45, 7) is 5.84. The monoisotopic (exact) mass is 654 g/mol. The minimum absolute atomic E-state index is 0.0117. The third kappa shape index (κ3) is 8.32. The van der Waals surface area contributed by atoms with Crippen molar-refractivity contribution in [3.05, 3.63) is 95.6 Å². The average molecular weight is 655 g/mol. The minimum Gasteiger partial charge on any atom is -0.460 e. The van der Waals surface area contributed by atoms with E-state index in [1.807, 2.05) is 73.3 Å². The van der Waals surface area contributed by atoms with Gasteiger partial charge in [-0.25, -0.2) is 4.79 Å². The number of rotatable bonds is 14. The molecule has 11 heteroatoms. The van der Waals surface area contributed by atoms with Crippen LogP contribution in [0.25, 0.3) is 11.1 Å². The lowest BCUT2D eigenvalue weighted by atomic mass is 9.98. The van der Waals surface area contributed by atoms with E-state index in [0.29, 0.717) is 32.5 Å². The van der Waals surface area contributed by atoms with Gasteiger partial charge in [-0.1, -0.05) is 99.1 Å². The van der Waals surface area contributed by atoms with Crippen LogP contribution in [0.3, 0.4) is 0 Å². The van der Waals surface area contributed by atoms with Crippen molar-refractivity contribution >= 4 is 23.9 Å². The molecule has 1 aliphatic heterocycles. The quantitative estimate of drug-likeness (QED) is 0.101. The van der Waals surface area contributed by atoms with Gasteiger partial charge in [0.1, 0.15) is 25.3 Å². The Morgan fingerprint density at radius 3 is 2.21 bits per heavy atom. The van der Waals surface area contributed by atoms with Gasteiger partial charge >= 0.3 is 12.1 Å². The van der Waals surface area contributed by atoms with Crippen molar-refractivity contribution in [1.82, 2.24) is 15.1 Å². The van der Waals surface area contributed by atoms with Gasteiger partial charge in [-0.15, -0.1) is 0 Å². The zero-order valence-electron chi connectivity index (χ0n) is 27.7. The Bertz CT molecular complexity index is 1550. The van der Waals surface area contributed by atoms with Crippen LogP contribution in [0.5, 0.6) is 0 Å². The second-order valence-corrected chi connectivity index (χ2v) is 12.5. The van der Waals surface area contributed by atoms with E-state index in [1.54, 1.807) is 4.90 Å². The van der Waals surface area contributed by atoms with Crippen LogP contribution in [0.2, 0.25) is 0 Å². The third-order valence-electron chi connectivity index (χ3n) is 9.24. The smallest absolute Gasteiger partial charge is 0.407 e. The summed E-state index contributed by atoms with van der Waals surface area (Å²) >= 11 is 0. The number of hydrogen-bond donors (Lipinski definition) is 3. The number of nitrogens with two attached hydrogens (primary N) is 2. The number of fused-ring (bicyclic) bond motifs is 3. The summed E-state index contributed by atoms with van der Waals surface area (Å²) in [7, 11) is 0. The molecule has 0 aromatic heterocycles. The van der Waals surface area contributed by atoms with Crippen molar-refractivity contribution < 1.29 is 23.9 Å². The number of hydrogen-bond acceptors (Lipinski definition) is 7. The molecule has 3 aromatic carbocycles. The number of carbonyl (C=O) groups excluding carboxylic acids is 3. The number of alkyl carbamates (subject to hydrolysis) is 1. The van der Waals surface area contributed by atoms with Gasteiger partial charge in [0.25, 0.3) is 0 Å². The molecular formula is C37H46N6O5. The fourth-order valence-corrected chi connectivity index (χ4v) is 6.56. The summed E-state index contributed by atoms with van der Waals surface area (Å²) in [6, 6.07) is 24.4. The third-order valence-corrected chi connectivity index (χ3v) is 9.24. The molecule has 5 rings (SSSR count). The number of nitrogens with zero attached hydrogens (tertiary/aromatic N) is 3. The van der Waals surface area contributed by atoms with Gasteiger partial charge in [-0.2, -0.15) is 0 Å². The van der Waals surface area contributed by atoms with Crippen LogP contribution in [0, 0.1) is 5.92 Å². The number of guanidine groups is 1. The zero-order valence-corrected chi connectivity index (χ0v) is 27.7. The Morgan fingerprint density at radius 2 is 1.56 bits per heavy atom. The first kappa shape index (κ1) is 34.4. The highest BCUT2D eigenvalue weighted by atomic mass is 16.5. The second-order valence-electron chi connectivity index (χ2n) is 12.5. The highest BCUT2D eigenvalue weighted by molar-refractivity contribution is 5.86. The predicted octanol–water partition coefficient (Wildman–Crippen LogP) is 4.21. The number of esters is 1. The first-order valence-corrected chi connectivity index (χ1v) is 16.7. The summed E-state index contributed by atoms with van der Waals surface area (Å²) in [4.78, 5) is 48.2. The van der Waals surface area contributed by atoms with E-state index in [1.165, 1.54) is 0 Å². The van der Waals surface area contributed by atoms with E-state index in [9.17, 15) is 14.4 Å². The zero-order chi connectivity index (χ0) is 34.0. The molecular weight excluding hydrogens is 608 g/mol. The lowest BCUT2D eigenvalue weighted by molar-refractivity contribution is -0.154. The maximum Gasteiger partial charge on any atom is 0.407 e. The van der Waals surface area contributed by atoms with Gasteiger partial charge in [0.2, 0.25) is 5.91 Å². The number of nitrogens with one attached hydrogen (secondary N) is 1. The Labute approximate surface area is 282 Å². The summed E-state index contributed by atoms with van der Waals surface area (Å²) in [5.41, 5.74) is 16.4. The molecule has 0 saturated carbocycles. The molecule has 0 bridgehead atoms. The van der Waals surface area contributed by atoms with Crippen molar-refractivity contribution in [3.8, 4) is 11.1 Å². The van der Waals surface area contributed by atoms with E-state index < -0.39 is 18.2 Å². The fourth-order valence-electron chi connectivity index (χ4n) is 6.56. The summed E-state index contributed by atoms with van der Waals surface area (Å²) in [5.74, 6) is -0.694. The lowest BCUT2D eigenvalue weighted by Crippen LogP contribution is -2.50. The van der Waals surface area contributed by atoms with Crippen LogP contribution in [-0.2, 0) is 25.7 Å². The molecule has 2 aliphatic rings. The molecule has 0 spiro atoms. The molecule has 0 unspecified atom stereocenters. The Morgan fingerprint density at radius 1 is 0.917 bits per heavy atom. The van der Waals surface area contributed by atoms with E-state index in [4.69, 9.17) is 20.9 Å². The maximum atomic E-state index is 13.9. The van der Waals surface area contributed by atoms with Gasteiger partial charge in [-0.05, 0) is 46.6 Å². The molecule has 3 aromatic rings. The van der Waals surface area contributed by atoms with Crippen LogP contribution in [0.15, 0.2) is 83.9 Å². The van der Waals surface area contributed by atoms with Crippen LogP contribution < -0.4 is 16.8 Å². The molecule has 2 amide bonds. The summed E-state index contributed by atoms with van der Waals surface area (Å²) in [5, 5.41) is 2.82. The molecule has 0 radical (unpaired) electrons. The highest BCUT2D eigenvalue weighted by Gasteiger charge is 2.39. The largest absolute Gasteiger partial charge is 0.460 e. The van der Waals surface area contributed by atoms with E-state index in [2.05, 4.69) is 34.6 Å². The topological polar surface area (TPSA) is 153 Å². The molecule has 5 N–H and O–H groups in total. The van der Waals surface area contributed by atoms with Crippen molar-refractivity contribution in [2.24, 2.45) is 22.4 Å². The number of aliphatic imine (C=N–C) groups is 1. The number of ether oxygens (including phenoxy) is 2. The van der Waals surface area contributed by atoms with Crippen molar-refractivity contribution in [2.75, 3.05) is 32.9 Å². The molecule has 1 saturated heterocycles. The second kappa shape index (κ2) is 16.3. The predicted molar refractivity (Wildman–Crippen MR) is 185 cm³/mol. The number of carbonyl (C=O) groups is 3. The molecule has 1 aliphatic carbocycles. The van der Waals surface area contributed by atoms with Crippen molar-refractivity contribution in [1.29, 1.82) is 0 Å². The van der Waals surface area contributed by atoms with E-state index >= 15 is 0 Å². The Kier molecular flexibility index (Phi) is 11.7. The van der Waals surface area contributed by atoms with E-state index in [-0.39, 0.29) is 49.6 Å². The average Bonchev–Trinajstić information content (AvgIpc) is 3.71. The van der Waals surface area contributed by atoms with Gasteiger partial charge in [0.05, 0.1) is 6.67 Å². The molecule has 11 nitrogen and oxygen atoms in total. The Balaban J connectivity index is 1.23. The summed E-state index contributed by atoms with van der Waals surface area (Å²) in [6.07, 6.45) is 0.878. The van der Waals surface area contributed by atoms with E-state index in [0.717, 1.165) is 34.2 Å². The van der Waals surface area contributed by atoms with Crippen LogP contribution >= 0.6 is 0 Å². The normalized spacial score (nSPS) is 15.9. The Hall–Kier alpha value is -4.90.